The number of benzene rings is 2. The molecule has 1 aromatic heterocycles. The predicted molar refractivity (Wildman–Crippen MR) is 105 cm³/mol. The lowest BCUT2D eigenvalue weighted by Gasteiger charge is -2.12. The van der Waals surface area contributed by atoms with Gasteiger partial charge in [-0.25, -0.2) is 0 Å². The summed E-state index contributed by atoms with van der Waals surface area (Å²) < 4.78 is 17.8. The molecular weight excluding hydrogens is 364 g/mol. The first-order chi connectivity index (χ1) is 13.1. The number of rotatable bonds is 5. The van der Waals surface area contributed by atoms with Gasteiger partial charge in [-0.15, -0.1) is 11.3 Å². The maximum Gasteiger partial charge on any atom is 0.279 e. The lowest BCUT2D eigenvalue weighted by atomic mass is 10.1. The van der Waals surface area contributed by atoms with E-state index in [-0.39, 0.29) is 5.91 Å². The maximum atomic E-state index is 12.7. The zero-order chi connectivity index (χ0) is 19.4. The van der Waals surface area contributed by atoms with Crippen molar-refractivity contribution >= 4 is 17.2 Å². The molecule has 2 aromatic carbocycles. The van der Waals surface area contributed by atoms with E-state index in [2.05, 4.69) is 4.99 Å². The number of ether oxygens (including phenoxy) is 3. The minimum Gasteiger partial charge on any atom is -0.493 e. The van der Waals surface area contributed by atoms with Gasteiger partial charge in [-0.2, -0.15) is 4.99 Å². The van der Waals surface area contributed by atoms with Crippen molar-refractivity contribution in [2.75, 3.05) is 21.3 Å². The Morgan fingerprint density at radius 1 is 1.00 bits per heavy atom. The van der Waals surface area contributed by atoms with Gasteiger partial charge in [0.2, 0.25) is 5.75 Å². The largest absolute Gasteiger partial charge is 0.493 e. The first-order valence-corrected chi connectivity index (χ1v) is 9.06. The number of carbonyl (C=O) groups is 1. The van der Waals surface area contributed by atoms with Crippen molar-refractivity contribution < 1.29 is 19.0 Å². The second-order valence-electron chi connectivity index (χ2n) is 5.66. The minimum absolute atomic E-state index is 0.360. The van der Waals surface area contributed by atoms with Gasteiger partial charge in [-0.1, -0.05) is 30.3 Å². The highest BCUT2D eigenvalue weighted by molar-refractivity contribution is 7.07. The summed E-state index contributed by atoms with van der Waals surface area (Å²) >= 11 is 1.41. The molecule has 1 heterocycles. The van der Waals surface area contributed by atoms with Crippen LogP contribution >= 0.6 is 11.3 Å². The highest BCUT2D eigenvalue weighted by atomic mass is 32.1. The Hall–Kier alpha value is -3.06. The molecule has 0 fully saturated rings. The van der Waals surface area contributed by atoms with Gasteiger partial charge in [0.1, 0.15) is 0 Å². The maximum absolute atomic E-state index is 12.7. The molecule has 6 nitrogen and oxygen atoms in total. The van der Waals surface area contributed by atoms with Crippen molar-refractivity contribution in [1.82, 2.24) is 4.57 Å². The Bertz CT molecular complexity index is 997. The van der Waals surface area contributed by atoms with E-state index >= 15 is 0 Å². The summed E-state index contributed by atoms with van der Waals surface area (Å²) in [5.41, 5.74) is 2.43. The average Bonchev–Trinajstić information content (AvgIpc) is 3.07. The highest BCUT2D eigenvalue weighted by Gasteiger charge is 2.17. The van der Waals surface area contributed by atoms with Crippen LogP contribution in [0, 0.1) is 0 Å². The van der Waals surface area contributed by atoms with Crippen LogP contribution in [0.25, 0.3) is 11.3 Å². The number of nitrogens with zero attached hydrogens (tertiary/aromatic N) is 2. The van der Waals surface area contributed by atoms with E-state index in [1.54, 1.807) is 12.1 Å². The van der Waals surface area contributed by atoms with Crippen LogP contribution in [0.15, 0.2) is 52.8 Å². The Kier molecular flexibility index (Phi) is 5.61. The normalized spacial score (nSPS) is 11.3. The van der Waals surface area contributed by atoms with Crippen molar-refractivity contribution in [3.05, 3.63) is 58.2 Å². The zero-order valence-electron chi connectivity index (χ0n) is 15.6. The molecule has 0 radical (unpaired) electrons. The number of hydrogen-bond acceptors (Lipinski definition) is 5. The summed E-state index contributed by atoms with van der Waals surface area (Å²) in [6.07, 6.45) is 0. The summed E-state index contributed by atoms with van der Waals surface area (Å²) in [5.74, 6) is 0.878. The Morgan fingerprint density at radius 3 is 2.19 bits per heavy atom. The van der Waals surface area contributed by atoms with Crippen LogP contribution in [0.1, 0.15) is 10.4 Å². The van der Waals surface area contributed by atoms with Crippen LogP contribution in [0.3, 0.4) is 0 Å². The zero-order valence-corrected chi connectivity index (χ0v) is 16.4. The number of carbonyl (C=O) groups excluding carboxylic acids is 1. The van der Waals surface area contributed by atoms with Crippen LogP contribution in [-0.2, 0) is 7.05 Å². The molecule has 3 aromatic rings. The fourth-order valence-electron chi connectivity index (χ4n) is 2.70. The molecule has 7 heteroatoms. The summed E-state index contributed by atoms with van der Waals surface area (Å²) in [6, 6.07) is 13.2. The summed E-state index contributed by atoms with van der Waals surface area (Å²) in [4.78, 5) is 17.6. The first kappa shape index (κ1) is 18.7. The summed E-state index contributed by atoms with van der Waals surface area (Å²) in [6.45, 7) is 0. The van der Waals surface area contributed by atoms with E-state index in [4.69, 9.17) is 14.2 Å². The molecule has 0 atom stereocenters. The van der Waals surface area contributed by atoms with Gasteiger partial charge in [-0.3, -0.25) is 4.79 Å². The Labute approximate surface area is 161 Å². The quantitative estimate of drug-likeness (QED) is 0.675. The van der Waals surface area contributed by atoms with E-state index in [0.717, 1.165) is 11.3 Å². The molecule has 0 unspecified atom stereocenters. The third-order valence-electron chi connectivity index (χ3n) is 4.10. The van der Waals surface area contributed by atoms with Gasteiger partial charge in [0, 0.05) is 18.0 Å². The molecule has 0 spiro atoms. The molecule has 0 aliphatic rings. The molecule has 0 saturated heterocycles. The molecule has 1 amide bonds. The molecule has 0 saturated carbocycles. The van der Waals surface area contributed by atoms with Crippen molar-refractivity contribution in [3.63, 3.8) is 0 Å². The Balaban J connectivity index is 2.02. The second kappa shape index (κ2) is 8.09. The number of aromatic nitrogens is 1. The first-order valence-electron chi connectivity index (χ1n) is 8.18. The van der Waals surface area contributed by atoms with Gasteiger partial charge in [0.05, 0.1) is 27.0 Å². The highest BCUT2D eigenvalue weighted by Crippen LogP contribution is 2.38. The van der Waals surface area contributed by atoms with Crippen molar-refractivity contribution in [2.24, 2.45) is 12.0 Å². The Morgan fingerprint density at radius 2 is 1.63 bits per heavy atom. The van der Waals surface area contributed by atoms with Crippen molar-refractivity contribution in [3.8, 4) is 28.5 Å². The second-order valence-corrected chi connectivity index (χ2v) is 6.50. The molecular formula is C20H20N2O4S. The number of amides is 1. The van der Waals surface area contributed by atoms with E-state index in [1.165, 1.54) is 32.7 Å². The van der Waals surface area contributed by atoms with E-state index in [0.29, 0.717) is 27.6 Å². The lowest BCUT2D eigenvalue weighted by Crippen LogP contribution is -2.14. The third kappa shape index (κ3) is 3.73. The fourth-order valence-corrected chi connectivity index (χ4v) is 3.60. The standard InChI is InChI=1S/C20H20N2O4S/c1-22-15(13-8-6-5-7-9-13)12-27-20(22)21-19(23)14-10-16(24-2)18(26-4)17(11-14)25-3/h5-12H,1-4H3. The monoisotopic (exact) mass is 384 g/mol. The molecule has 0 bridgehead atoms. The van der Waals surface area contributed by atoms with E-state index in [1.807, 2.05) is 47.3 Å². The lowest BCUT2D eigenvalue weighted by molar-refractivity contribution is 0.0997. The summed E-state index contributed by atoms with van der Waals surface area (Å²) in [7, 11) is 6.42. The van der Waals surface area contributed by atoms with Crippen LogP contribution in [0.4, 0.5) is 0 Å². The topological polar surface area (TPSA) is 62.0 Å². The van der Waals surface area contributed by atoms with Gasteiger partial charge in [-0.05, 0) is 17.7 Å². The SMILES string of the molecule is COc1cc(C(=O)N=c2scc(-c3ccccc3)n2C)cc(OC)c1OC. The molecule has 0 aliphatic heterocycles. The molecule has 0 aliphatic carbocycles. The molecule has 3 rings (SSSR count). The van der Waals surface area contributed by atoms with E-state index < -0.39 is 0 Å². The van der Waals surface area contributed by atoms with Gasteiger partial charge >= 0.3 is 0 Å². The van der Waals surface area contributed by atoms with Crippen LogP contribution in [-0.4, -0.2) is 31.8 Å². The fraction of sp³-hybridized carbons (Fsp3) is 0.200. The summed E-state index contributed by atoms with van der Waals surface area (Å²) in [5, 5.41) is 1.98. The third-order valence-corrected chi connectivity index (χ3v) is 5.02. The van der Waals surface area contributed by atoms with Crippen LogP contribution in [0.5, 0.6) is 17.2 Å². The predicted octanol–water partition coefficient (Wildman–Crippen LogP) is 3.52. The van der Waals surface area contributed by atoms with Crippen molar-refractivity contribution in [2.45, 2.75) is 0 Å². The van der Waals surface area contributed by atoms with Gasteiger partial charge in [0.25, 0.3) is 5.91 Å². The van der Waals surface area contributed by atoms with Crippen LogP contribution in [0.2, 0.25) is 0 Å². The van der Waals surface area contributed by atoms with Gasteiger partial charge < -0.3 is 18.8 Å². The molecule has 140 valence electrons. The average molecular weight is 384 g/mol. The molecule has 27 heavy (non-hydrogen) atoms. The van der Waals surface area contributed by atoms with Crippen molar-refractivity contribution in [1.29, 1.82) is 0 Å². The van der Waals surface area contributed by atoms with Crippen LogP contribution < -0.4 is 19.0 Å². The number of methoxy groups -OCH3 is 3. The molecule has 0 N–H and O–H groups in total. The number of thiazole rings is 1. The number of hydrogen-bond donors (Lipinski definition) is 0. The van der Waals surface area contributed by atoms with Gasteiger partial charge in [0.15, 0.2) is 16.3 Å². The minimum atomic E-state index is -0.383. The smallest absolute Gasteiger partial charge is 0.279 e. The van der Waals surface area contributed by atoms with E-state index in [9.17, 15) is 4.79 Å².